The topological polar surface area (TPSA) is 26.0 Å². The maximum absolute atomic E-state index is 11.4. The summed E-state index contributed by atoms with van der Waals surface area (Å²) in [6.45, 7) is 0. The molecule has 0 aromatic heterocycles. The Morgan fingerprint density at radius 2 is 1.88 bits per heavy atom. The predicted octanol–water partition coefficient (Wildman–Crippen LogP) is 1.02. The van der Waals surface area contributed by atoms with E-state index in [9.17, 15) is 8.78 Å². The van der Waals surface area contributed by atoms with Gasteiger partial charge in [0.15, 0.2) is 0 Å². The minimum Gasteiger partial charge on any atom is -0.327 e. The number of alkyl halides is 2. The Morgan fingerprint density at radius 3 is 1.88 bits per heavy atom. The highest BCUT2D eigenvalue weighted by Crippen LogP contribution is 2.33. The Labute approximate surface area is 52.7 Å². The third-order valence-electron chi connectivity index (χ3n) is 1.21. The first-order valence-electron chi connectivity index (χ1n) is 2.25. The van der Waals surface area contributed by atoms with Crippen LogP contribution in [0.3, 0.4) is 0 Å². The molecule has 0 heterocycles. The molecule has 1 saturated carbocycles. The van der Waals surface area contributed by atoms with Crippen molar-refractivity contribution in [2.75, 3.05) is 0 Å². The smallest absolute Gasteiger partial charge is 0.242 e. The molecule has 1 aliphatic carbocycles. The molecule has 0 saturated heterocycles. The lowest BCUT2D eigenvalue weighted by Crippen LogP contribution is -2.06. The molecule has 0 aromatic carbocycles. The molecule has 0 bridgehead atoms. The predicted molar refractivity (Wildman–Crippen MR) is 29.3 cm³/mol. The van der Waals surface area contributed by atoms with Crippen molar-refractivity contribution in [1.82, 2.24) is 0 Å². The summed E-state index contributed by atoms with van der Waals surface area (Å²) in [5.41, 5.74) is 5.09. The zero-order valence-corrected chi connectivity index (χ0v) is 5.00. The minimum atomic E-state index is -2.19. The lowest BCUT2D eigenvalue weighted by atomic mass is 10.4. The van der Waals surface area contributed by atoms with Crippen molar-refractivity contribution in [1.29, 1.82) is 0 Å². The molecule has 0 spiro atoms. The molecule has 1 aliphatic rings. The van der Waals surface area contributed by atoms with Crippen molar-refractivity contribution < 1.29 is 8.78 Å². The fourth-order valence-corrected chi connectivity index (χ4v) is 0.525. The molecule has 0 radical (unpaired) electrons. The van der Waals surface area contributed by atoms with E-state index >= 15 is 0 Å². The van der Waals surface area contributed by atoms with Crippen molar-refractivity contribution in [2.45, 2.75) is 18.9 Å². The third kappa shape index (κ3) is 1.56. The summed E-state index contributed by atoms with van der Waals surface area (Å²) in [7, 11) is 0. The van der Waals surface area contributed by atoms with Gasteiger partial charge in [0.2, 0.25) is 6.43 Å². The quantitative estimate of drug-likeness (QED) is 0.583. The summed E-state index contributed by atoms with van der Waals surface area (Å²) in [4.78, 5) is 0. The molecule has 4 heteroatoms. The van der Waals surface area contributed by atoms with Crippen molar-refractivity contribution in [3.63, 3.8) is 0 Å². The van der Waals surface area contributed by atoms with Gasteiger partial charge in [0.05, 0.1) is 0 Å². The van der Waals surface area contributed by atoms with Crippen LogP contribution in [0.25, 0.3) is 0 Å². The van der Waals surface area contributed by atoms with Crippen LogP contribution >= 0.6 is 12.4 Å². The Bertz CT molecular complexity index is 78.4. The van der Waals surface area contributed by atoms with Gasteiger partial charge in [-0.2, -0.15) is 0 Å². The molecule has 0 aliphatic heterocycles. The van der Waals surface area contributed by atoms with Gasteiger partial charge < -0.3 is 5.73 Å². The maximum Gasteiger partial charge on any atom is 0.242 e. The summed E-state index contributed by atoms with van der Waals surface area (Å²) in [5.74, 6) is -0.486. The second-order valence-electron chi connectivity index (χ2n) is 1.90. The molecular weight excluding hydrogens is 136 g/mol. The van der Waals surface area contributed by atoms with Crippen LogP contribution in [0.1, 0.15) is 6.42 Å². The fraction of sp³-hybridized carbons (Fsp3) is 1.00. The van der Waals surface area contributed by atoms with Gasteiger partial charge in [-0.15, -0.1) is 12.4 Å². The fourth-order valence-electron chi connectivity index (χ4n) is 0.525. The van der Waals surface area contributed by atoms with E-state index in [0.717, 1.165) is 0 Å². The highest BCUT2D eigenvalue weighted by atomic mass is 35.5. The molecule has 0 unspecified atom stereocenters. The van der Waals surface area contributed by atoms with Crippen LogP contribution in [0.4, 0.5) is 8.78 Å². The van der Waals surface area contributed by atoms with Gasteiger partial charge in [-0.1, -0.05) is 0 Å². The number of hydrogen-bond acceptors (Lipinski definition) is 1. The van der Waals surface area contributed by atoms with Gasteiger partial charge in [-0.3, -0.25) is 0 Å². The lowest BCUT2D eigenvalue weighted by Gasteiger charge is -1.88. The molecule has 1 fully saturated rings. The van der Waals surface area contributed by atoms with Crippen LogP contribution in [0.5, 0.6) is 0 Å². The molecule has 2 atom stereocenters. The van der Waals surface area contributed by atoms with E-state index in [1.54, 1.807) is 0 Å². The summed E-state index contributed by atoms with van der Waals surface area (Å²) < 4.78 is 22.8. The van der Waals surface area contributed by atoms with E-state index in [1.165, 1.54) is 0 Å². The van der Waals surface area contributed by atoms with Crippen molar-refractivity contribution in [3.8, 4) is 0 Å². The minimum absolute atomic E-state index is 0. The van der Waals surface area contributed by atoms with Crippen LogP contribution in [0, 0.1) is 5.92 Å². The van der Waals surface area contributed by atoms with Crippen LogP contribution in [-0.4, -0.2) is 12.5 Å². The summed E-state index contributed by atoms with van der Waals surface area (Å²) in [5, 5.41) is 0. The van der Waals surface area contributed by atoms with Gasteiger partial charge in [0.1, 0.15) is 0 Å². The normalized spacial score (nSPS) is 34.5. The van der Waals surface area contributed by atoms with Crippen molar-refractivity contribution in [2.24, 2.45) is 11.7 Å². The molecular formula is C4H8ClF2N. The molecule has 50 valence electrons. The van der Waals surface area contributed by atoms with Crippen molar-refractivity contribution in [3.05, 3.63) is 0 Å². The molecule has 0 amide bonds. The van der Waals surface area contributed by atoms with Crippen molar-refractivity contribution >= 4 is 12.4 Å². The Balaban J connectivity index is 0.000000490. The molecule has 1 rings (SSSR count). The second-order valence-corrected chi connectivity index (χ2v) is 1.90. The van der Waals surface area contributed by atoms with Gasteiger partial charge in [-0.25, -0.2) is 8.78 Å². The third-order valence-corrected chi connectivity index (χ3v) is 1.21. The zero-order valence-electron chi connectivity index (χ0n) is 4.18. The largest absolute Gasteiger partial charge is 0.327 e. The van der Waals surface area contributed by atoms with E-state index in [-0.39, 0.29) is 18.4 Å². The van der Waals surface area contributed by atoms with E-state index in [0.29, 0.717) is 6.42 Å². The van der Waals surface area contributed by atoms with Gasteiger partial charge in [0.25, 0.3) is 0 Å². The Kier molecular flexibility index (Phi) is 2.63. The first-order chi connectivity index (χ1) is 3.22. The molecule has 8 heavy (non-hydrogen) atoms. The first-order valence-corrected chi connectivity index (χ1v) is 2.25. The zero-order chi connectivity index (χ0) is 5.44. The van der Waals surface area contributed by atoms with E-state index < -0.39 is 12.3 Å². The highest BCUT2D eigenvalue weighted by Gasteiger charge is 2.40. The molecule has 2 N–H and O–H groups in total. The average Bonchev–Trinajstić information content (AvgIpc) is 2.17. The maximum atomic E-state index is 11.4. The summed E-state index contributed by atoms with van der Waals surface area (Å²) in [6.07, 6.45) is -1.67. The monoisotopic (exact) mass is 143 g/mol. The van der Waals surface area contributed by atoms with E-state index in [1.807, 2.05) is 0 Å². The SMILES string of the molecule is Cl.N[C@@H]1C[C@H]1C(F)F. The standard InChI is InChI=1S/C4H7F2N.ClH/c5-4(6)2-1-3(2)7;/h2-4H,1,7H2;1H/t2-,3-;/m1./s1. The average molecular weight is 144 g/mol. The van der Waals surface area contributed by atoms with E-state index in [4.69, 9.17) is 5.73 Å². The van der Waals surface area contributed by atoms with Crippen LogP contribution < -0.4 is 5.73 Å². The molecule has 0 aromatic rings. The second kappa shape index (κ2) is 2.60. The van der Waals surface area contributed by atoms with Gasteiger partial charge in [-0.05, 0) is 6.42 Å². The van der Waals surface area contributed by atoms with Crippen LogP contribution in [0.15, 0.2) is 0 Å². The first kappa shape index (κ1) is 8.11. The summed E-state index contributed by atoms with van der Waals surface area (Å²) in [6, 6.07) is -0.208. The highest BCUT2D eigenvalue weighted by molar-refractivity contribution is 5.85. The number of nitrogens with two attached hydrogens (primary N) is 1. The Morgan fingerprint density at radius 1 is 1.50 bits per heavy atom. The van der Waals surface area contributed by atoms with Gasteiger partial charge in [0, 0.05) is 12.0 Å². The number of rotatable bonds is 1. The number of hydrogen-bond donors (Lipinski definition) is 1. The lowest BCUT2D eigenvalue weighted by molar-refractivity contribution is 0.121. The van der Waals surface area contributed by atoms with Crippen LogP contribution in [0.2, 0.25) is 0 Å². The number of halogens is 3. The van der Waals surface area contributed by atoms with Gasteiger partial charge >= 0.3 is 0 Å². The molecule has 1 nitrogen and oxygen atoms in total. The van der Waals surface area contributed by atoms with E-state index in [2.05, 4.69) is 0 Å². The summed E-state index contributed by atoms with van der Waals surface area (Å²) >= 11 is 0. The Hall–Kier alpha value is 0.110. The van der Waals surface area contributed by atoms with Crippen LogP contribution in [-0.2, 0) is 0 Å².